The van der Waals surface area contributed by atoms with Crippen LogP contribution in [0.1, 0.15) is 29.4 Å². The van der Waals surface area contributed by atoms with Gasteiger partial charge in [0.2, 0.25) is 0 Å². The number of para-hydroxylation sites is 2. The number of aliphatic imine (C=N–C) groups is 1. The van der Waals surface area contributed by atoms with E-state index in [0.29, 0.717) is 0 Å². The van der Waals surface area contributed by atoms with Gasteiger partial charge >= 0.3 is 0 Å². The molecule has 0 atom stereocenters. The number of hydrogen-bond acceptors (Lipinski definition) is 1. The zero-order valence-corrected chi connectivity index (χ0v) is 16.4. The Balaban J connectivity index is 2.03. The smallest absolute Gasteiger partial charge is 0.0763 e. The SMILES string of the molecule is CCc1ccccc1-n1c(C)cc(C=Nc2ccccc2I)c1C. The lowest BCUT2D eigenvalue weighted by Gasteiger charge is -2.13. The van der Waals surface area contributed by atoms with Gasteiger partial charge < -0.3 is 4.57 Å². The van der Waals surface area contributed by atoms with Crippen LogP contribution in [0.5, 0.6) is 0 Å². The Bertz CT molecular complexity index is 891. The first-order chi connectivity index (χ1) is 11.6. The van der Waals surface area contributed by atoms with E-state index in [2.05, 4.69) is 89.3 Å². The number of hydrogen-bond donors (Lipinski definition) is 0. The second-order valence-corrected chi connectivity index (χ2v) is 7.02. The molecule has 0 amide bonds. The molecule has 0 bridgehead atoms. The predicted octanol–water partition coefficient (Wildman–Crippen LogP) is 6.01. The number of halogens is 1. The maximum absolute atomic E-state index is 4.68. The summed E-state index contributed by atoms with van der Waals surface area (Å²) in [6, 6.07) is 19.0. The standard InChI is InChI=1S/C21H21IN2/c1-4-17-9-5-8-12-21(17)24-15(2)13-18(16(24)3)14-23-20-11-7-6-10-19(20)22/h5-14H,4H2,1-3H3. The lowest BCUT2D eigenvalue weighted by atomic mass is 10.1. The highest BCUT2D eigenvalue weighted by Crippen LogP contribution is 2.24. The molecule has 0 saturated carbocycles. The van der Waals surface area contributed by atoms with E-state index in [1.54, 1.807) is 0 Å². The second kappa shape index (κ2) is 7.34. The van der Waals surface area contributed by atoms with E-state index in [1.165, 1.54) is 22.6 Å². The summed E-state index contributed by atoms with van der Waals surface area (Å²) >= 11 is 2.32. The Labute approximate surface area is 157 Å². The van der Waals surface area contributed by atoms with E-state index in [9.17, 15) is 0 Å². The van der Waals surface area contributed by atoms with Crippen LogP contribution in [0.15, 0.2) is 59.6 Å². The van der Waals surface area contributed by atoms with Crippen LogP contribution in [0.25, 0.3) is 5.69 Å². The molecule has 0 N–H and O–H groups in total. The molecule has 0 unspecified atom stereocenters. The molecule has 2 nitrogen and oxygen atoms in total. The van der Waals surface area contributed by atoms with Crippen molar-refractivity contribution in [1.82, 2.24) is 4.57 Å². The van der Waals surface area contributed by atoms with Crippen molar-refractivity contribution >= 4 is 34.5 Å². The van der Waals surface area contributed by atoms with Crippen molar-refractivity contribution in [2.24, 2.45) is 4.99 Å². The van der Waals surface area contributed by atoms with Crippen LogP contribution in [0.3, 0.4) is 0 Å². The number of nitrogens with zero attached hydrogens (tertiary/aromatic N) is 2. The van der Waals surface area contributed by atoms with Gasteiger partial charge in [-0.3, -0.25) is 4.99 Å². The third-order valence-electron chi connectivity index (χ3n) is 4.28. The highest BCUT2D eigenvalue weighted by atomic mass is 127. The fraction of sp³-hybridized carbons (Fsp3) is 0.190. The van der Waals surface area contributed by atoms with Crippen molar-refractivity contribution < 1.29 is 0 Å². The number of rotatable bonds is 4. The third kappa shape index (κ3) is 3.31. The fourth-order valence-electron chi connectivity index (χ4n) is 3.01. The monoisotopic (exact) mass is 428 g/mol. The molecule has 0 spiro atoms. The zero-order valence-electron chi connectivity index (χ0n) is 14.3. The maximum Gasteiger partial charge on any atom is 0.0763 e. The van der Waals surface area contributed by atoms with Crippen molar-refractivity contribution in [3.8, 4) is 5.69 Å². The molecular formula is C21H21IN2. The van der Waals surface area contributed by atoms with Gasteiger partial charge in [0.25, 0.3) is 0 Å². The van der Waals surface area contributed by atoms with E-state index in [1.807, 2.05) is 24.4 Å². The van der Waals surface area contributed by atoms with Crippen molar-refractivity contribution in [3.63, 3.8) is 0 Å². The minimum atomic E-state index is 1.01. The van der Waals surface area contributed by atoms with E-state index >= 15 is 0 Å². The lowest BCUT2D eigenvalue weighted by Crippen LogP contribution is -2.03. The summed E-state index contributed by atoms with van der Waals surface area (Å²) < 4.78 is 3.49. The summed E-state index contributed by atoms with van der Waals surface area (Å²) in [5.41, 5.74) is 7.26. The van der Waals surface area contributed by atoms with Gasteiger partial charge in [-0.2, -0.15) is 0 Å². The van der Waals surface area contributed by atoms with Gasteiger partial charge in [-0.1, -0.05) is 37.3 Å². The molecule has 0 radical (unpaired) electrons. The predicted molar refractivity (Wildman–Crippen MR) is 111 cm³/mol. The molecule has 3 aromatic rings. The molecule has 24 heavy (non-hydrogen) atoms. The maximum atomic E-state index is 4.68. The van der Waals surface area contributed by atoms with Crippen molar-refractivity contribution in [2.75, 3.05) is 0 Å². The van der Waals surface area contributed by atoms with Crippen LogP contribution >= 0.6 is 22.6 Å². The molecule has 0 saturated heterocycles. The zero-order chi connectivity index (χ0) is 17.1. The molecule has 1 heterocycles. The van der Waals surface area contributed by atoms with Crippen LogP contribution in [-0.4, -0.2) is 10.8 Å². The largest absolute Gasteiger partial charge is 0.318 e. The first-order valence-electron chi connectivity index (χ1n) is 8.17. The minimum Gasteiger partial charge on any atom is -0.318 e. The molecule has 1 aromatic heterocycles. The topological polar surface area (TPSA) is 17.3 Å². The second-order valence-electron chi connectivity index (χ2n) is 5.85. The summed E-state index contributed by atoms with van der Waals surface area (Å²) in [5.74, 6) is 0. The van der Waals surface area contributed by atoms with Gasteiger partial charge in [0.1, 0.15) is 0 Å². The Morgan fingerprint density at radius 2 is 1.75 bits per heavy atom. The van der Waals surface area contributed by atoms with Crippen molar-refractivity contribution in [3.05, 3.63) is 80.7 Å². The first-order valence-corrected chi connectivity index (χ1v) is 9.25. The van der Waals surface area contributed by atoms with E-state index in [4.69, 9.17) is 0 Å². The molecule has 0 aliphatic rings. The Kier molecular flexibility index (Phi) is 5.19. The summed E-state index contributed by atoms with van der Waals surface area (Å²) in [5, 5.41) is 0. The average Bonchev–Trinajstić information content (AvgIpc) is 2.88. The normalized spacial score (nSPS) is 11.3. The molecule has 122 valence electrons. The van der Waals surface area contributed by atoms with Gasteiger partial charge in [-0.05, 0) is 72.7 Å². The van der Waals surface area contributed by atoms with E-state index < -0.39 is 0 Å². The molecule has 0 fully saturated rings. The number of aromatic nitrogens is 1. The summed E-state index contributed by atoms with van der Waals surface area (Å²) in [6.45, 7) is 6.52. The van der Waals surface area contributed by atoms with Crippen LogP contribution in [0.2, 0.25) is 0 Å². The minimum absolute atomic E-state index is 1.01. The van der Waals surface area contributed by atoms with E-state index in [0.717, 1.165) is 21.2 Å². The fourth-order valence-corrected chi connectivity index (χ4v) is 3.54. The highest BCUT2D eigenvalue weighted by Gasteiger charge is 2.11. The molecule has 3 heteroatoms. The van der Waals surface area contributed by atoms with E-state index in [-0.39, 0.29) is 0 Å². The van der Waals surface area contributed by atoms with Crippen LogP contribution < -0.4 is 0 Å². The highest BCUT2D eigenvalue weighted by molar-refractivity contribution is 14.1. The Hall–Kier alpha value is -1.88. The number of aryl methyl sites for hydroxylation is 2. The molecule has 3 rings (SSSR count). The van der Waals surface area contributed by atoms with Crippen LogP contribution in [-0.2, 0) is 6.42 Å². The van der Waals surface area contributed by atoms with Crippen LogP contribution in [0, 0.1) is 17.4 Å². The van der Waals surface area contributed by atoms with Gasteiger partial charge in [0.15, 0.2) is 0 Å². The first kappa shape index (κ1) is 17.0. The van der Waals surface area contributed by atoms with Gasteiger partial charge in [0.05, 0.1) is 5.69 Å². The van der Waals surface area contributed by atoms with Crippen molar-refractivity contribution in [1.29, 1.82) is 0 Å². The molecule has 2 aromatic carbocycles. The average molecular weight is 428 g/mol. The Morgan fingerprint density at radius 1 is 1.04 bits per heavy atom. The van der Waals surface area contributed by atoms with Gasteiger partial charge in [-0.25, -0.2) is 0 Å². The molecule has 0 aliphatic carbocycles. The van der Waals surface area contributed by atoms with Crippen LogP contribution in [0.4, 0.5) is 5.69 Å². The third-order valence-corrected chi connectivity index (χ3v) is 5.19. The van der Waals surface area contributed by atoms with Gasteiger partial charge in [-0.15, -0.1) is 0 Å². The summed E-state index contributed by atoms with van der Waals surface area (Å²) in [7, 11) is 0. The summed E-state index contributed by atoms with van der Waals surface area (Å²) in [4.78, 5) is 4.68. The lowest BCUT2D eigenvalue weighted by molar-refractivity contribution is 0.937. The van der Waals surface area contributed by atoms with Gasteiger partial charge in [0, 0.05) is 32.4 Å². The number of benzene rings is 2. The molecular weight excluding hydrogens is 407 g/mol. The summed E-state index contributed by atoms with van der Waals surface area (Å²) in [6.07, 6.45) is 3.00. The van der Waals surface area contributed by atoms with Crippen molar-refractivity contribution in [2.45, 2.75) is 27.2 Å². The molecule has 0 aliphatic heterocycles. The quantitative estimate of drug-likeness (QED) is 0.358. The Morgan fingerprint density at radius 3 is 2.50 bits per heavy atom.